The van der Waals surface area contributed by atoms with Gasteiger partial charge in [0.1, 0.15) is 11.5 Å². The molecule has 0 spiro atoms. The first kappa shape index (κ1) is 16.7. The maximum absolute atomic E-state index is 5.54. The van der Waals surface area contributed by atoms with E-state index in [1.165, 1.54) is 5.56 Å². The number of hydrogen-bond donors (Lipinski definition) is 0. The fourth-order valence-electron chi connectivity index (χ4n) is 3.19. The molecular formula is C20H26N2O2. The molecule has 0 amide bonds. The van der Waals surface area contributed by atoms with Crippen molar-refractivity contribution in [3.05, 3.63) is 54.1 Å². The van der Waals surface area contributed by atoms with Crippen molar-refractivity contribution in [3.8, 4) is 11.5 Å². The Bertz CT molecular complexity index is 637. The number of rotatable bonds is 6. The van der Waals surface area contributed by atoms with E-state index in [1.807, 2.05) is 12.1 Å². The lowest BCUT2D eigenvalue weighted by atomic mass is 10.1. The first-order valence-electron chi connectivity index (χ1n) is 8.53. The van der Waals surface area contributed by atoms with Crippen LogP contribution < -0.4 is 14.4 Å². The molecule has 0 radical (unpaired) electrons. The van der Waals surface area contributed by atoms with Crippen LogP contribution in [-0.4, -0.2) is 51.8 Å². The molecule has 3 rings (SSSR count). The van der Waals surface area contributed by atoms with E-state index >= 15 is 0 Å². The zero-order valence-electron chi connectivity index (χ0n) is 14.6. The molecule has 1 aliphatic heterocycles. The quantitative estimate of drug-likeness (QED) is 0.814. The van der Waals surface area contributed by atoms with Crippen LogP contribution in [0.25, 0.3) is 0 Å². The monoisotopic (exact) mass is 326 g/mol. The van der Waals surface area contributed by atoms with Crippen LogP contribution in [-0.2, 0) is 6.42 Å². The van der Waals surface area contributed by atoms with Crippen molar-refractivity contribution >= 4 is 5.69 Å². The van der Waals surface area contributed by atoms with Crippen molar-refractivity contribution in [2.75, 3.05) is 51.8 Å². The van der Waals surface area contributed by atoms with Gasteiger partial charge in [0.15, 0.2) is 0 Å². The van der Waals surface area contributed by atoms with Crippen molar-refractivity contribution in [2.45, 2.75) is 6.42 Å². The zero-order chi connectivity index (χ0) is 16.8. The summed E-state index contributed by atoms with van der Waals surface area (Å²) >= 11 is 0. The van der Waals surface area contributed by atoms with E-state index in [0.717, 1.165) is 56.3 Å². The van der Waals surface area contributed by atoms with Gasteiger partial charge < -0.3 is 14.4 Å². The fourth-order valence-corrected chi connectivity index (χ4v) is 3.19. The number of anilines is 1. The molecule has 1 heterocycles. The van der Waals surface area contributed by atoms with Gasteiger partial charge in [-0.15, -0.1) is 0 Å². The molecule has 24 heavy (non-hydrogen) atoms. The second-order valence-electron chi connectivity index (χ2n) is 6.10. The van der Waals surface area contributed by atoms with Gasteiger partial charge in [-0.25, -0.2) is 0 Å². The summed E-state index contributed by atoms with van der Waals surface area (Å²) in [5, 5.41) is 0. The van der Waals surface area contributed by atoms with Gasteiger partial charge in [-0.3, -0.25) is 4.90 Å². The number of ether oxygens (including phenoxy) is 2. The van der Waals surface area contributed by atoms with Gasteiger partial charge >= 0.3 is 0 Å². The van der Waals surface area contributed by atoms with E-state index in [-0.39, 0.29) is 0 Å². The molecular weight excluding hydrogens is 300 g/mol. The minimum absolute atomic E-state index is 0.831. The molecule has 4 nitrogen and oxygen atoms in total. The van der Waals surface area contributed by atoms with E-state index in [1.54, 1.807) is 14.2 Å². The van der Waals surface area contributed by atoms with Crippen LogP contribution in [0.2, 0.25) is 0 Å². The smallest absolute Gasteiger partial charge is 0.145 e. The lowest BCUT2D eigenvalue weighted by Crippen LogP contribution is -2.47. The Balaban J connectivity index is 1.55. The molecule has 0 aromatic heterocycles. The van der Waals surface area contributed by atoms with Gasteiger partial charge in [0.05, 0.1) is 19.9 Å². The van der Waals surface area contributed by atoms with Gasteiger partial charge in [0.2, 0.25) is 0 Å². The normalized spacial score (nSPS) is 15.3. The average Bonchev–Trinajstić information content (AvgIpc) is 2.67. The minimum Gasteiger partial charge on any atom is -0.497 e. The molecule has 0 bridgehead atoms. The fraction of sp³-hybridized carbons (Fsp3) is 0.400. The number of methoxy groups -OCH3 is 2. The molecule has 0 atom stereocenters. The highest BCUT2D eigenvalue weighted by Gasteiger charge is 2.19. The molecule has 0 unspecified atom stereocenters. The third-order valence-electron chi connectivity index (χ3n) is 4.66. The summed E-state index contributed by atoms with van der Waals surface area (Å²) in [6.07, 6.45) is 1.12. The number of nitrogens with zero attached hydrogens (tertiary/aromatic N) is 2. The summed E-state index contributed by atoms with van der Waals surface area (Å²) < 4.78 is 10.8. The molecule has 128 valence electrons. The molecule has 4 heteroatoms. The summed E-state index contributed by atoms with van der Waals surface area (Å²) in [6, 6.07) is 16.8. The summed E-state index contributed by atoms with van der Waals surface area (Å²) in [6.45, 7) is 5.34. The van der Waals surface area contributed by atoms with Crippen LogP contribution in [0.5, 0.6) is 11.5 Å². The SMILES string of the molecule is COc1ccc(N2CCN(CCc3ccccc3)CC2)c(OC)c1. The van der Waals surface area contributed by atoms with E-state index < -0.39 is 0 Å². The van der Waals surface area contributed by atoms with Crippen molar-refractivity contribution in [2.24, 2.45) is 0 Å². The van der Waals surface area contributed by atoms with E-state index in [9.17, 15) is 0 Å². The van der Waals surface area contributed by atoms with Crippen LogP contribution in [0.15, 0.2) is 48.5 Å². The predicted octanol–water partition coefficient (Wildman–Crippen LogP) is 3.07. The topological polar surface area (TPSA) is 24.9 Å². The van der Waals surface area contributed by atoms with E-state index in [0.29, 0.717) is 0 Å². The summed E-state index contributed by atoms with van der Waals surface area (Å²) in [4.78, 5) is 4.94. The van der Waals surface area contributed by atoms with Crippen LogP contribution >= 0.6 is 0 Å². The van der Waals surface area contributed by atoms with Crippen LogP contribution in [0.1, 0.15) is 5.56 Å². The third-order valence-corrected chi connectivity index (χ3v) is 4.66. The molecule has 1 saturated heterocycles. The largest absolute Gasteiger partial charge is 0.497 e. The standard InChI is InChI=1S/C20H26N2O2/c1-23-18-8-9-19(20(16-18)24-2)22-14-12-21(13-15-22)11-10-17-6-4-3-5-7-17/h3-9,16H,10-15H2,1-2H3. The number of hydrogen-bond acceptors (Lipinski definition) is 4. The van der Waals surface area contributed by atoms with Crippen LogP contribution in [0.3, 0.4) is 0 Å². The molecule has 2 aromatic carbocycles. The van der Waals surface area contributed by atoms with Gasteiger partial charge in [-0.2, -0.15) is 0 Å². The molecule has 1 aliphatic rings. The molecule has 1 fully saturated rings. The highest BCUT2D eigenvalue weighted by molar-refractivity contribution is 5.61. The lowest BCUT2D eigenvalue weighted by molar-refractivity contribution is 0.260. The maximum Gasteiger partial charge on any atom is 0.145 e. The Morgan fingerprint density at radius 2 is 1.62 bits per heavy atom. The Morgan fingerprint density at radius 3 is 2.29 bits per heavy atom. The Morgan fingerprint density at radius 1 is 0.875 bits per heavy atom. The lowest BCUT2D eigenvalue weighted by Gasteiger charge is -2.36. The van der Waals surface area contributed by atoms with Crippen molar-refractivity contribution in [1.29, 1.82) is 0 Å². The van der Waals surface area contributed by atoms with Gasteiger partial charge in [0.25, 0.3) is 0 Å². The Hall–Kier alpha value is -2.20. The van der Waals surface area contributed by atoms with Crippen LogP contribution in [0, 0.1) is 0 Å². The minimum atomic E-state index is 0.831. The van der Waals surface area contributed by atoms with Crippen molar-refractivity contribution in [3.63, 3.8) is 0 Å². The number of piperazine rings is 1. The number of benzene rings is 2. The second-order valence-corrected chi connectivity index (χ2v) is 6.10. The second kappa shape index (κ2) is 8.06. The average molecular weight is 326 g/mol. The summed E-state index contributed by atoms with van der Waals surface area (Å²) in [5.74, 6) is 1.71. The molecule has 0 N–H and O–H groups in total. The zero-order valence-corrected chi connectivity index (χ0v) is 14.6. The highest BCUT2D eigenvalue weighted by atomic mass is 16.5. The van der Waals surface area contributed by atoms with E-state index in [2.05, 4.69) is 46.2 Å². The predicted molar refractivity (Wildman–Crippen MR) is 98.3 cm³/mol. The van der Waals surface area contributed by atoms with E-state index in [4.69, 9.17) is 9.47 Å². The van der Waals surface area contributed by atoms with Crippen LogP contribution in [0.4, 0.5) is 5.69 Å². The van der Waals surface area contributed by atoms with Crippen molar-refractivity contribution < 1.29 is 9.47 Å². The molecule has 0 aliphatic carbocycles. The molecule has 2 aromatic rings. The Labute approximate surface area is 144 Å². The Kier molecular flexibility index (Phi) is 5.59. The van der Waals surface area contributed by atoms with Crippen molar-refractivity contribution in [1.82, 2.24) is 4.90 Å². The molecule has 0 saturated carbocycles. The van der Waals surface area contributed by atoms with Gasteiger partial charge in [-0.05, 0) is 24.1 Å². The third kappa shape index (κ3) is 4.01. The summed E-state index contributed by atoms with van der Waals surface area (Å²) in [5.41, 5.74) is 2.57. The first-order valence-corrected chi connectivity index (χ1v) is 8.53. The van der Waals surface area contributed by atoms with Gasteiger partial charge in [0, 0.05) is 38.8 Å². The van der Waals surface area contributed by atoms with Gasteiger partial charge in [-0.1, -0.05) is 30.3 Å². The summed E-state index contributed by atoms with van der Waals surface area (Å²) in [7, 11) is 3.40. The highest BCUT2D eigenvalue weighted by Crippen LogP contribution is 2.32. The maximum atomic E-state index is 5.54. The first-order chi connectivity index (χ1) is 11.8.